The van der Waals surface area contributed by atoms with Crippen LogP contribution in [0.15, 0.2) is 48.5 Å². The van der Waals surface area contributed by atoms with Crippen LogP contribution in [0.2, 0.25) is 0 Å². The fourth-order valence-corrected chi connectivity index (χ4v) is 3.36. The molecular formula is C21H27N3O. The van der Waals surface area contributed by atoms with E-state index in [9.17, 15) is 4.79 Å². The van der Waals surface area contributed by atoms with E-state index in [-0.39, 0.29) is 6.03 Å². The van der Waals surface area contributed by atoms with Crippen LogP contribution in [-0.4, -0.2) is 31.1 Å². The standard InChI is InChI=1S/C21H27N3O/c1-17-9-8-11-19(15-17)22-21(25)23(2)16-18-10-4-5-12-20(18)24-13-6-3-7-14-24/h4-5,8-12,15H,3,6-7,13-14,16H2,1-2H3,(H,22,25). The fraction of sp³-hybridized carbons (Fsp3) is 0.381. The predicted octanol–water partition coefficient (Wildman–Crippen LogP) is 4.65. The summed E-state index contributed by atoms with van der Waals surface area (Å²) in [5, 5.41) is 2.98. The van der Waals surface area contributed by atoms with Gasteiger partial charge in [-0.2, -0.15) is 0 Å². The molecule has 25 heavy (non-hydrogen) atoms. The molecule has 4 nitrogen and oxygen atoms in total. The second-order valence-corrected chi connectivity index (χ2v) is 6.83. The molecule has 0 unspecified atom stereocenters. The zero-order chi connectivity index (χ0) is 17.6. The van der Waals surface area contributed by atoms with Crippen molar-refractivity contribution in [2.75, 3.05) is 30.4 Å². The zero-order valence-corrected chi connectivity index (χ0v) is 15.2. The molecule has 0 radical (unpaired) electrons. The molecule has 0 aliphatic carbocycles. The van der Waals surface area contributed by atoms with Crippen LogP contribution in [0.3, 0.4) is 0 Å². The highest BCUT2D eigenvalue weighted by Gasteiger charge is 2.16. The van der Waals surface area contributed by atoms with Crippen LogP contribution in [0, 0.1) is 6.92 Å². The monoisotopic (exact) mass is 337 g/mol. The summed E-state index contributed by atoms with van der Waals surface area (Å²) in [6.07, 6.45) is 3.81. The van der Waals surface area contributed by atoms with E-state index in [1.165, 1.54) is 30.5 Å². The van der Waals surface area contributed by atoms with Gasteiger partial charge in [0.25, 0.3) is 0 Å². The number of anilines is 2. The van der Waals surface area contributed by atoms with Crippen molar-refractivity contribution in [2.45, 2.75) is 32.7 Å². The minimum absolute atomic E-state index is 0.0842. The van der Waals surface area contributed by atoms with Crippen molar-refractivity contribution < 1.29 is 4.79 Å². The Morgan fingerprint density at radius 1 is 1.08 bits per heavy atom. The van der Waals surface area contributed by atoms with Crippen molar-refractivity contribution in [2.24, 2.45) is 0 Å². The molecule has 0 atom stereocenters. The Morgan fingerprint density at radius 2 is 1.84 bits per heavy atom. The molecule has 1 heterocycles. The largest absolute Gasteiger partial charge is 0.371 e. The summed E-state index contributed by atoms with van der Waals surface area (Å²) in [4.78, 5) is 16.7. The number of carbonyl (C=O) groups excluding carboxylic acids is 1. The summed E-state index contributed by atoms with van der Waals surface area (Å²) in [5.74, 6) is 0. The number of hydrogen-bond donors (Lipinski definition) is 1. The summed E-state index contributed by atoms with van der Waals surface area (Å²) in [7, 11) is 1.85. The molecule has 2 aromatic carbocycles. The third kappa shape index (κ3) is 4.53. The lowest BCUT2D eigenvalue weighted by Gasteiger charge is -2.31. The van der Waals surface area contributed by atoms with E-state index in [1.807, 2.05) is 38.2 Å². The van der Waals surface area contributed by atoms with Gasteiger partial charge >= 0.3 is 6.03 Å². The van der Waals surface area contributed by atoms with Crippen LogP contribution in [0.4, 0.5) is 16.2 Å². The van der Waals surface area contributed by atoms with E-state index >= 15 is 0 Å². The van der Waals surface area contributed by atoms with Gasteiger partial charge in [-0.25, -0.2) is 4.79 Å². The molecule has 2 amide bonds. The van der Waals surface area contributed by atoms with Gasteiger partial charge in [-0.05, 0) is 55.5 Å². The van der Waals surface area contributed by atoms with E-state index in [0.717, 1.165) is 24.3 Å². The molecule has 0 spiro atoms. The van der Waals surface area contributed by atoms with Crippen molar-refractivity contribution >= 4 is 17.4 Å². The number of hydrogen-bond acceptors (Lipinski definition) is 2. The van der Waals surface area contributed by atoms with Gasteiger partial charge in [-0.15, -0.1) is 0 Å². The number of rotatable bonds is 4. The summed E-state index contributed by atoms with van der Waals surface area (Å²) >= 11 is 0. The molecule has 1 aliphatic rings. The van der Waals surface area contributed by atoms with Gasteiger partial charge in [0.1, 0.15) is 0 Å². The Morgan fingerprint density at radius 3 is 2.60 bits per heavy atom. The van der Waals surface area contributed by atoms with Crippen molar-refractivity contribution in [3.05, 3.63) is 59.7 Å². The van der Waals surface area contributed by atoms with E-state index in [2.05, 4.69) is 34.5 Å². The predicted molar refractivity (Wildman–Crippen MR) is 104 cm³/mol. The Hall–Kier alpha value is -2.49. The molecule has 0 bridgehead atoms. The number of nitrogens with one attached hydrogen (secondary N) is 1. The number of benzene rings is 2. The number of piperidine rings is 1. The average molecular weight is 337 g/mol. The smallest absolute Gasteiger partial charge is 0.321 e. The summed E-state index contributed by atoms with van der Waals surface area (Å²) in [6, 6.07) is 16.2. The van der Waals surface area contributed by atoms with E-state index < -0.39 is 0 Å². The van der Waals surface area contributed by atoms with Crippen LogP contribution in [0.5, 0.6) is 0 Å². The molecule has 2 aromatic rings. The number of carbonyl (C=O) groups is 1. The van der Waals surface area contributed by atoms with E-state index in [0.29, 0.717) is 6.54 Å². The van der Waals surface area contributed by atoms with Gasteiger partial charge in [-0.1, -0.05) is 30.3 Å². The van der Waals surface area contributed by atoms with Gasteiger partial charge in [-0.3, -0.25) is 0 Å². The number of nitrogens with zero attached hydrogens (tertiary/aromatic N) is 2. The fourth-order valence-electron chi connectivity index (χ4n) is 3.36. The third-order valence-electron chi connectivity index (χ3n) is 4.71. The second kappa shape index (κ2) is 8.06. The van der Waals surface area contributed by atoms with Crippen LogP contribution in [0.1, 0.15) is 30.4 Å². The average Bonchev–Trinajstić information content (AvgIpc) is 2.63. The molecule has 0 saturated carbocycles. The zero-order valence-electron chi connectivity index (χ0n) is 15.2. The van der Waals surface area contributed by atoms with Gasteiger partial charge in [0.15, 0.2) is 0 Å². The number of para-hydroxylation sites is 1. The Bertz CT molecular complexity index is 723. The first-order valence-electron chi connectivity index (χ1n) is 9.05. The molecule has 1 fully saturated rings. The number of urea groups is 1. The molecule has 0 aromatic heterocycles. The highest BCUT2D eigenvalue weighted by atomic mass is 16.2. The Kier molecular flexibility index (Phi) is 5.59. The molecule has 1 aliphatic heterocycles. The van der Waals surface area contributed by atoms with E-state index in [1.54, 1.807) is 4.90 Å². The van der Waals surface area contributed by atoms with Crippen LogP contribution >= 0.6 is 0 Å². The van der Waals surface area contributed by atoms with Crippen molar-refractivity contribution in [1.29, 1.82) is 0 Å². The van der Waals surface area contributed by atoms with Crippen molar-refractivity contribution in [3.8, 4) is 0 Å². The Balaban J connectivity index is 1.68. The lowest BCUT2D eigenvalue weighted by atomic mass is 10.1. The maximum atomic E-state index is 12.5. The highest BCUT2D eigenvalue weighted by Crippen LogP contribution is 2.25. The molecule has 132 valence electrons. The minimum atomic E-state index is -0.0842. The van der Waals surface area contributed by atoms with Crippen molar-refractivity contribution in [1.82, 2.24) is 4.90 Å². The van der Waals surface area contributed by atoms with Gasteiger partial charge < -0.3 is 15.1 Å². The first kappa shape index (κ1) is 17.3. The maximum absolute atomic E-state index is 12.5. The van der Waals surface area contributed by atoms with Gasteiger partial charge in [0, 0.05) is 38.1 Å². The number of aryl methyl sites for hydroxylation is 1. The highest BCUT2D eigenvalue weighted by molar-refractivity contribution is 5.89. The first-order valence-corrected chi connectivity index (χ1v) is 9.05. The van der Waals surface area contributed by atoms with E-state index in [4.69, 9.17) is 0 Å². The van der Waals surface area contributed by atoms with Crippen LogP contribution in [-0.2, 0) is 6.54 Å². The lowest BCUT2D eigenvalue weighted by Crippen LogP contribution is -2.33. The SMILES string of the molecule is Cc1cccc(NC(=O)N(C)Cc2ccccc2N2CCCCC2)c1. The summed E-state index contributed by atoms with van der Waals surface area (Å²) < 4.78 is 0. The quantitative estimate of drug-likeness (QED) is 0.881. The Labute approximate surface area is 150 Å². The molecule has 1 saturated heterocycles. The molecule has 1 N–H and O–H groups in total. The normalized spacial score (nSPS) is 14.2. The maximum Gasteiger partial charge on any atom is 0.321 e. The molecule has 3 rings (SSSR count). The van der Waals surface area contributed by atoms with Gasteiger partial charge in [0.2, 0.25) is 0 Å². The number of amides is 2. The summed E-state index contributed by atoms with van der Waals surface area (Å²) in [5.41, 5.74) is 4.43. The molecule has 4 heteroatoms. The first-order chi connectivity index (χ1) is 12.1. The lowest BCUT2D eigenvalue weighted by molar-refractivity contribution is 0.220. The molecular weight excluding hydrogens is 310 g/mol. The minimum Gasteiger partial charge on any atom is -0.371 e. The van der Waals surface area contributed by atoms with Crippen LogP contribution in [0.25, 0.3) is 0 Å². The third-order valence-corrected chi connectivity index (χ3v) is 4.71. The summed E-state index contributed by atoms with van der Waals surface area (Å²) in [6.45, 7) is 4.84. The second-order valence-electron chi connectivity index (χ2n) is 6.83. The van der Waals surface area contributed by atoms with Crippen molar-refractivity contribution in [3.63, 3.8) is 0 Å². The topological polar surface area (TPSA) is 35.6 Å². The van der Waals surface area contributed by atoms with Gasteiger partial charge in [0.05, 0.1) is 0 Å². The van der Waals surface area contributed by atoms with Crippen LogP contribution < -0.4 is 10.2 Å².